The van der Waals surface area contributed by atoms with E-state index in [1.54, 1.807) is 18.2 Å². The van der Waals surface area contributed by atoms with Crippen molar-refractivity contribution in [2.24, 2.45) is 0 Å². The minimum absolute atomic E-state index is 0.0664. The molecular weight excluding hydrogens is 262 g/mol. The van der Waals surface area contributed by atoms with Crippen LogP contribution in [0.15, 0.2) is 24.3 Å². The number of aliphatic carboxylic acids is 1. The number of benzene rings is 1. The molecule has 1 heterocycles. The Hall–Kier alpha value is -1.92. The number of hydrogen-bond acceptors (Lipinski definition) is 4. The summed E-state index contributed by atoms with van der Waals surface area (Å²) < 4.78 is 10.5. The second-order valence-electron chi connectivity index (χ2n) is 4.52. The second-order valence-corrected chi connectivity index (χ2v) is 4.52. The van der Waals surface area contributed by atoms with E-state index in [1.807, 2.05) is 6.07 Å². The molecule has 1 aliphatic rings. The fourth-order valence-corrected chi connectivity index (χ4v) is 1.92. The largest absolute Gasteiger partial charge is 0.481 e. The monoisotopic (exact) mass is 279 g/mol. The highest BCUT2D eigenvalue weighted by Gasteiger charge is 2.22. The van der Waals surface area contributed by atoms with Crippen molar-refractivity contribution in [1.29, 1.82) is 0 Å². The molecule has 1 atom stereocenters. The van der Waals surface area contributed by atoms with E-state index >= 15 is 0 Å². The van der Waals surface area contributed by atoms with Crippen LogP contribution in [0.25, 0.3) is 0 Å². The maximum atomic E-state index is 11.9. The molecule has 0 aliphatic carbocycles. The fourth-order valence-electron chi connectivity index (χ4n) is 1.92. The van der Waals surface area contributed by atoms with Crippen molar-refractivity contribution < 1.29 is 24.2 Å². The van der Waals surface area contributed by atoms with Gasteiger partial charge in [0.05, 0.1) is 19.8 Å². The molecule has 1 unspecified atom stereocenters. The smallest absolute Gasteiger partial charge is 0.303 e. The molecule has 1 amide bonds. The van der Waals surface area contributed by atoms with E-state index in [9.17, 15) is 9.59 Å². The van der Waals surface area contributed by atoms with Crippen molar-refractivity contribution in [1.82, 2.24) is 0 Å². The Morgan fingerprint density at radius 3 is 2.90 bits per heavy atom. The summed E-state index contributed by atoms with van der Waals surface area (Å²) >= 11 is 0. The van der Waals surface area contributed by atoms with Crippen molar-refractivity contribution in [3.05, 3.63) is 29.8 Å². The molecule has 0 saturated carbocycles. The number of carboxylic acids is 1. The van der Waals surface area contributed by atoms with Gasteiger partial charge in [-0.3, -0.25) is 9.59 Å². The molecule has 1 fully saturated rings. The highest BCUT2D eigenvalue weighted by Crippen LogP contribution is 2.13. The first kappa shape index (κ1) is 14.5. The number of amides is 1. The Kier molecular flexibility index (Phi) is 5.09. The number of nitrogens with one attached hydrogen (secondary N) is 1. The lowest BCUT2D eigenvalue weighted by Gasteiger charge is -2.22. The number of ether oxygens (including phenoxy) is 2. The number of hydrogen-bond donors (Lipinski definition) is 2. The van der Waals surface area contributed by atoms with Gasteiger partial charge in [-0.25, -0.2) is 0 Å². The van der Waals surface area contributed by atoms with Crippen LogP contribution in [0.2, 0.25) is 0 Å². The number of carboxylic acid groups (broad SMARTS) is 1. The summed E-state index contributed by atoms with van der Waals surface area (Å²) in [6.07, 6.45) is -0.0922. The van der Waals surface area contributed by atoms with Crippen LogP contribution in [0.3, 0.4) is 0 Å². The summed E-state index contributed by atoms with van der Waals surface area (Å²) in [6.45, 7) is 1.18. The van der Waals surface area contributed by atoms with E-state index in [-0.39, 0.29) is 18.9 Å². The van der Waals surface area contributed by atoms with Gasteiger partial charge in [0, 0.05) is 12.1 Å². The van der Waals surface area contributed by atoms with Crippen LogP contribution in [-0.2, 0) is 25.5 Å². The van der Waals surface area contributed by atoms with Gasteiger partial charge in [0.1, 0.15) is 0 Å². The molecule has 2 rings (SSSR count). The van der Waals surface area contributed by atoms with Crippen molar-refractivity contribution in [3.8, 4) is 0 Å². The van der Waals surface area contributed by atoms with Crippen LogP contribution in [0, 0.1) is 0 Å². The minimum Gasteiger partial charge on any atom is -0.481 e. The van der Waals surface area contributed by atoms with Gasteiger partial charge in [-0.2, -0.15) is 0 Å². The van der Waals surface area contributed by atoms with Crippen LogP contribution in [0.5, 0.6) is 0 Å². The average molecular weight is 279 g/mol. The molecule has 0 radical (unpaired) electrons. The van der Waals surface area contributed by atoms with Crippen molar-refractivity contribution in [2.75, 3.05) is 25.1 Å². The lowest BCUT2D eigenvalue weighted by Crippen LogP contribution is -2.39. The van der Waals surface area contributed by atoms with E-state index in [0.29, 0.717) is 25.3 Å². The van der Waals surface area contributed by atoms with E-state index < -0.39 is 12.1 Å². The minimum atomic E-state index is -0.841. The van der Waals surface area contributed by atoms with Crippen LogP contribution in [0.4, 0.5) is 5.69 Å². The third kappa shape index (κ3) is 4.32. The number of aryl methyl sites for hydroxylation is 1. The SMILES string of the molecule is O=C(O)CCc1cccc(NC(=O)C2COCCO2)c1. The van der Waals surface area contributed by atoms with E-state index in [4.69, 9.17) is 14.6 Å². The molecule has 108 valence electrons. The Labute approximate surface area is 116 Å². The summed E-state index contributed by atoms with van der Waals surface area (Å²) in [4.78, 5) is 22.5. The molecule has 0 spiro atoms. The van der Waals surface area contributed by atoms with Crippen molar-refractivity contribution in [3.63, 3.8) is 0 Å². The van der Waals surface area contributed by atoms with Crippen molar-refractivity contribution >= 4 is 17.6 Å². The number of carbonyl (C=O) groups is 2. The van der Waals surface area contributed by atoms with Gasteiger partial charge in [-0.1, -0.05) is 12.1 Å². The molecule has 1 aromatic rings. The molecule has 0 aromatic heterocycles. The average Bonchev–Trinajstić information content (AvgIpc) is 2.46. The van der Waals surface area contributed by atoms with Crippen LogP contribution in [-0.4, -0.2) is 42.9 Å². The quantitative estimate of drug-likeness (QED) is 0.841. The zero-order valence-corrected chi connectivity index (χ0v) is 11.0. The highest BCUT2D eigenvalue weighted by molar-refractivity contribution is 5.94. The third-order valence-corrected chi connectivity index (χ3v) is 2.93. The second kappa shape index (κ2) is 7.02. The van der Waals surface area contributed by atoms with Gasteiger partial charge in [-0.05, 0) is 24.1 Å². The van der Waals surface area contributed by atoms with Gasteiger partial charge in [-0.15, -0.1) is 0 Å². The van der Waals surface area contributed by atoms with Gasteiger partial charge in [0.15, 0.2) is 6.10 Å². The molecule has 1 aliphatic heterocycles. The van der Waals surface area contributed by atoms with E-state index in [0.717, 1.165) is 5.56 Å². The Bertz CT molecular complexity index is 482. The molecule has 2 N–H and O–H groups in total. The van der Waals surface area contributed by atoms with Crippen molar-refractivity contribution in [2.45, 2.75) is 18.9 Å². The zero-order valence-electron chi connectivity index (χ0n) is 11.0. The van der Waals surface area contributed by atoms with Gasteiger partial charge < -0.3 is 19.9 Å². The molecule has 6 nitrogen and oxygen atoms in total. The van der Waals surface area contributed by atoms with Gasteiger partial charge in [0.25, 0.3) is 5.91 Å². The predicted octanol–water partition coefficient (Wildman–Crippen LogP) is 1.06. The summed E-state index contributed by atoms with van der Waals surface area (Å²) in [5.41, 5.74) is 1.50. The zero-order chi connectivity index (χ0) is 14.4. The van der Waals surface area contributed by atoms with E-state index in [1.165, 1.54) is 0 Å². The number of anilines is 1. The lowest BCUT2D eigenvalue weighted by molar-refractivity contribution is -0.142. The van der Waals surface area contributed by atoms with Crippen LogP contribution >= 0.6 is 0 Å². The number of carbonyl (C=O) groups excluding carboxylic acids is 1. The first-order chi connectivity index (χ1) is 9.65. The summed E-state index contributed by atoms with van der Waals surface area (Å²) in [5, 5.41) is 11.4. The maximum Gasteiger partial charge on any atom is 0.303 e. The Morgan fingerprint density at radius 2 is 2.20 bits per heavy atom. The first-order valence-corrected chi connectivity index (χ1v) is 6.46. The van der Waals surface area contributed by atoms with Crippen LogP contribution < -0.4 is 5.32 Å². The Balaban J connectivity index is 1.93. The maximum absolute atomic E-state index is 11.9. The molecule has 20 heavy (non-hydrogen) atoms. The molecular formula is C14H17NO5. The molecule has 1 aromatic carbocycles. The normalized spacial score (nSPS) is 18.5. The number of rotatable bonds is 5. The molecule has 6 heteroatoms. The standard InChI is InChI=1S/C14H17NO5/c16-13(17)5-4-10-2-1-3-11(8-10)15-14(18)12-9-19-6-7-20-12/h1-3,8,12H,4-7,9H2,(H,15,18)(H,16,17). The Morgan fingerprint density at radius 1 is 1.35 bits per heavy atom. The molecule has 1 saturated heterocycles. The fraction of sp³-hybridized carbons (Fsp3) is 0.429. The van der Waals surface area contributed by atoms with Gasteiger partial charge in [0.2, 0.25) is 0 Å². The van der Waals surface area contributed by atoms with Crippen LogP contribution in [0.1, 0.15) is 12.0 Å². The first-order valence-electron chi connectivity index (χ1n) is 6.46. The van der Waals surface area contributed by atoms with Gasteiger partial charge >= 0.3 is 5.97 Å². The molecule has 0 bridgehead atoms. The van der Waals surface area contributed by atoms with E-state index in [2.05, 4.69) is 5.32 Å². The summed E-state index contributed by atoms with van der Waals surface area (Å²) in [7, 11) is 0. The third-order valence-electron chi connectivity index (χ3n) is 2.93. The lowest BCUT2D eigenvalue weighted by atomic mass is 10.1. The summed E-state index contributed by atoms with van der Waals surface area (Å²) in [6, 6.07) is 7.14. The highest BCUT2D eigenvalue weighted by atomic mass is 16.6. The topological polar surface area (TPSA) is 84.9 Å². The summed E-state index contributed by atoms with van der Waals surface area (Å²) in [5.74, 6) is -1.09. The predicted molar refractivity (Wildman–Crippen MR) is 71.6 cm³/mol.